The Morgan fingerprint density at radius 2 is 1.79 bits per heavy atom. The van der Waals surface area contributed by atoms with Crippen LogP contribution in [0.1, 0.15) is 62.7 Å². The molecule has 0 saturated heterocycles. The lowest BCUT2D eigenvalue weighted by molar-refractivity contribution is 0.0270. The van der Waals surface area contributed by atoms with Crippen LogP contribution >= 0.6 is 0 Å². The Bertz CT molecular complexity index is 1950. The fourth-order valence-corrected chi connectivity index (χ4v) is 6.32. The molecule has 1 N–H and O–H groups in total. The van der Waals surface area contributed by atoms with E-state index in [9.17, 15) is 4.79 Å². The minimum absolute atomic E-state index is 0.00682. The number of hydrogen-bond donors (Lipinski definition) is 1. The molecule has 0 fully saturated rings. The molecule has 1 unspecified atom stereocenters. The molecule has 1 atom stereocenters. The SMILES string of the molecule is CC1c2c([nH]c3nnc(-c4ccccc4OCc4ccccc4)cc23)CCN1c1nccc(C2=CCN(C(=O)OC(C)(C)C)CC2)n1. The van der Waals surface area contributed by atoms with E-state index in [-0.39, 0.29) is 12.1 Å². The highest BCUT2D eigenvalue weighted by atomic mass is 16.6. The highest BCUT2D eigenvalue weighted by molar-refractivity contribution is 5.86. The number of H-pyrrole nitrogens is 1. The molecule has 47 heavy (non-hydrogen) atoms. The number of aromatic nitrogens is 5. The largest absolute Gasteiger partial charge is 0.488 e. The summed E-state index contributed by atoms with van der Waals surface area (Å²) in [4.78, 5) is 29.8. The van der Waals surface area contributed by atoms with E-state index in [1.807, 2.05) is 75.5 Å². The summed E-state index contributed by atoms with van der Waals surface area (Å²) in [5, 5.41) is 10.2. The van der Waals surface area contributed by atoms with Crippen molar-refractivity contribution < 1.29 is 14.3 Å². The van der Waals surface area contributed by atoms with Crippen molar-refractivity contribution in [3.63, 3.8) is 0 Å². The Labute approximate surface area is 274 Å². The Balaban J connectivity index is 1.13. The Morgan fingerprint density at radius 3 is 2.57 bits per heavy atom. The number of amides is 1. The standard InChI is InChI=1S/C37H39N7O3/c1-24-33-28-22-31(27-12-8-9-13-32(27)46-23-25-10-6-5-7-11-25)41-42-34(28)39-30(33)17-21-44(24)35-38-18-14-29(40-35)26-15-19-43(20-16-26)36(45)47-37(2,3)4/h5-15,18,22,24H,16-17,19-21,23H2,1-4H3,(H,39,42). The van der Waals surface area contributed by atoms with Crippen molar-refractivity contribution in [2.24, 2.45) is 0 Å². The minimum Gasteiger partial charge on any atom is -0.488 e. The number of benzene rings is 2. The summed E-state index contributed by atoms with van der Waals surface area (Å²) < 4.78 is 11.8. The number of fused-ring (bicyclic) bond motifs is 3. The number of anilines is 1. The number of hydrogen-bond acceptors (Lipinski definition) is 8. The van der Waals surface area contributed by atoms with Gasteiger partial charge in [0, 0.05) is 54.5 Å². The first kappa shape index (κ1) is 30.4. The molecule has 0 aliphatic carbocycles. The van der Waals surface area contributed by atoms with Crippen LogP contribution in [0.25, 0.3) is 27.9 Å². The first-order valence-corrected chi connectivity index (χ1v) is 16.1. The highest BCUT2D eigenvalue weighted by Crippen LogP contribution is 2.39. The van der Waals surface area contributed by atoms with Gasteiger partial charge in [0.1, 0.15) is 18.0 Å². The number of para-hydroxylation sites is 1. The molecule has 3 aromatic heterocycles. The van der Waals surface area contributed by atoms with Crippen LogP contribution in [0, 0.1) is 0 Å². The van der Waals surface area contributed by atoms with Gasteiger partial charge < -0.3 is 24.3 Å². The molecule has 7 rings (SSSR count). The number of ether oxygens (including phenoxy) is 2. The minimum atomic E-state index is -0.520. The number of nitrogens with zero attached hydrogens (tertiary/aromatic N) is 6. The van der Waals surface area contributed by atoms with Crippen molar-refractivity contribution in [1.82, 2.24) is 30.0 Å². The molecule has 0 saturated carbocycles. The molecule has 1 amide bonds. The second-order valence-electron chi connectivity index (χ2n) is 13.0. The van der Waals surface area contributed by atoms with Crippen molar-refractivity contribution in [3.05, 3.63) is 102 Å². The zero-order chi connectivity index (χ0) is 32.5. The van der Waals surface area contributed by atoms with Crippen molar-refractivity contribution in [3.8, 4) is 17.0 Å². The molecule has 2 aromatic carbocycles. The molecule has 240 valence electrons. The molecule has 0 radical (unpaired) electrons. The van der Waals surface area contributed by atoms with Gasteiger partial charge in [0.15, 0.2) is 5.65 Å². The topological polar surface area (TPSA) is 109 Å². The normalized spacial score (nSPS) is 16.5. The zero-order valence-electron chi connectivity index (χ0n) is 27.2. The van der Waals surface area contributed by atoms with E-state index in [0.717, 1.165) is 63.5 Å². The van der Waals surface area contributed by atoms with E-state index in [2.05, 4.69) is 51.3 Å². The van der Waals surface area contributed by atoms with Gasteiger partial charge in [-0.15, -0.1) is 10.2 Å². The number of nitrogens with one attached hydrogen (secondary N) is 1. The summed E-state index contributed by atoms with van der Waals surface area (Å²) in [6.45, 7) is 10.2. The maximum absolute atomic E-state index is 12.6. The van der Waals surface area contributed by atoms with E-state index in [4.69, 9.17) is 19.4 Å². The van der Waals surface area contributed by atoms with Crippen molar-refractivity contribution in [2.75, 3.05) is 24.5 Å². The third kappa shape index (κ3) is 6.40. The van der Waals surface area contributed by atoms with Gasteiger partial charge in [-0.25, -0.2) is 14.8 Å². The summed E-state index contributed by atoms with van der Waals surface area (Å²) in [7, 11) is 0. The van der Waals surface area contributed by atoms with E-state index < -0.39 is 5.60 Å². The third-order valence-corrected chi connectivity index (χ3v) is 8.66. The molecule has 2 aliphatic rings. The average Bonchev–Trinajstić information content (AvgIpc) is 3.46. The van der Waals surface area contributed by atoms with Gasteiger partial charge in [-0.2, -0.15) is 0 Å². The average molecular weight is 630 g/mol. The molecule has 0 spiro atoms. The second kappa shape index (κ2) is 12.5. The summed E-state index contributed by atoms with van der Waals surface area (Å²) in [6, 6.07) is 22.2. The van der Waals surface area contributed by atoms with Gasteiger partial charge in [0.2, 0.25) is 5.95 Å². The summed E-state index contributed by atoms with van der Waals surface area (Å²) in [5.41, 5.74) is 7.35. The van der Waals surface area contributed by atoms with Crippen LogP contribution in [0.3, 0.4) is 0 Å². The lowest BCUT2D eigenvalue weighted by atomic mass is 9.97. The van der Waals surface area contributed by atoms with Gasteiger partial charge >= 0.3 is 6.09 Å². The molecule has 5 heterocycles. The van der Waals surface area contributed by atoms with E-state index in [0.29, 0.717) is 32.1 Å². The summed E-state index contributed by atoms with van der Waals surface area (Å²) >= 11 is 0. The monoisotopic (exact) mass is 629 g/mol. The number of carbonyl (C=O) groups excluding carboxylic acids is 1. The molecule has 10 nitrogen and oxygen atoms in total. The van der Waals surface area contributed by atoms with Crippen molar-refractivity contribution >= 4 is 28.6 Å². The maximum Gasteiger partial charge on any atom is 0.410 e. The van der Waals surface area contributed by atoms with E-state index >= 15 is 0 Å². The molecule has 2 aliphatic heterocycles. The fourth-order valence-electron chi connectivity index (χ4n) is 6.32. The third-order valence-electron chi connectivity index (χ3n) is 8.66. The smallest absolute Gasteiger partial charge is 0.410 e. The number of rotatable bonds is 6. The Morgan fingerprint density at radius 1 is 0.979 bits per heavy atom. The zero-order valence-corrected chi connectivity index (χ0v) is 27.2. The molecule has 10 heteroatoms. The lowest BCUT2D eigenvalue weighted by Gasteiger charge is -2.34. The van der Waals surface area contributed by atoms with Crippen molar-refractivity contribution in [2.45, 2.75) is 58.8 Å². The molecular weight excluding hydrogens is 590 g/mol. The fraction of sp³-hybridized carbons (Fsp3) is 0.324. The van der Waals surface area contributed by atoms with Crippen LogP contribution in [-0.2, 0) is 17.8 Å². The van der Waals surface area contributed by atoms with Gasteiger partial charge in [0.25, 0.3) is 0 Å². The van der Waals surface area contributed by atoms with Crippen LogP contribution < -0.4 is 9.64 Å². The lowest BCUT2D eigenvalue weighted by Crippen LogP contribution is -2.39. The highest BCUT2D eigenvalue weighted by Gasteiger charge is 2.31. The van der Waals surface area contributed by atoms with E-state index in [1.165, 1.54) is 5.56 Å². The summed E-state index contributed by atoms with van der Waals surface area (Å²) in [5.74, 6) is 1.45. The number of carbonyl (C=O) groups is 1. The predicted molar refractivity (Wildman–Crippen MR) is 182 cm³/mol. The predicted octanol–water partition coefficient (Wildman–Crippen LogP) is 7.14. The van der Waals surface area contributed by atoms with Gasteiger partial charge in [-0.3, -0.25) is 0 Å². The van der Waals surface area contributed by atoms with Gasteiger partial charge in [-0.1, -0.05) is 48.5 Å². The van der Waals surface area contributed by atoms with Crippen LogP contribution in [0.5, 0.6) is 5.75 Å². The molecular formula is C37H39N7O3. The Hall–Kier alpha value is -5.25. The van der Waals surface area contributed by atoms with Crippen molar-refractivity contribution in [1.29, 1.82) is 0 Å². The van der Waals surface area contributed by atoms with Crippen LogP contribution in [0.15, 0.2) is 79.0 Å². The first-order chi connectivity index (χ1) is 22.7. The molecule has 0 bridgehead atoms. The maximum atomic E-state index is 12.6. The van der Waals surface area contributed by atoms with E-state index in [1.54, 1.807) is 4.90 Å². The van der Waals surface area contributed by atoms with Crippen LogP contribution in [-0.4, -0.2) is 61.4 Å². The van der Waals surface area contributed by atoms with Crippen LogP contribution in [0.2, 0.25) is 0 Å². The number of aromatic amines is 1. The van der Waals surface area contributed by atoms with Gasteiger partial charge in [-0.05, 0) is 69.5 Å². The second-order valence-corrected chi connectivity index (χ2v) is 13.0. The van der Waals surface area contributed by atoms with Gasteiger partial charge in [0.05, 0.1) is 17.4 Å². The molecule has 5 aromatic rings. The first-order valence-electron chi connectivity index (χ1n) is 16.1. The quantitative estimate of drug-likeness (QED) is 0.211. The van der Waals surface area contributed by atoms with Crippen LogP contribution in [0.4, 0.5) is 10.7 Å². The summed E-state index contributed by atoms with van der Waals surface area (Å²) in [6.07, 6.45) is 5.12. The Kier molecular flexibility index (Phi) is 8.09.